The Balaban J connectivity index is 1.33. The Morgan fingerprint density at radius 3 is 2.91 bits per heavy atom. The highest BCUT2D eigenvalue weighted by molar-refractivity contribution is 7.09. The van der Waals surface area contributed by atoms with Crippen LogP contribution in [-0.2, 0) is 9.47 Å². The van der Waals surface area contributed by atoms with Gasteiger partial charge in [0, 0.05) is 50.9 Å². The second-order valence-electron chi connectivity index (χ2n) is 6.09. The topological polar surface area (TPSA) is 37.8 Å². The molecule has 3 rings (SSSR count). The van der Waals surface area contributed by atoms with Gasteiger partial charge in [0.15, 0.2) is 6.29 Å². The first-order valence-electron chi connectivity index (χ1n) is 8.42. The third-order valence-corrected chi connectivity index (χ3v) is 5.56. The zero-order valence-electron chi connectivity index (χ0n) is 13.4. The highest BCUT2D eigenvalue weighted by Crippen LogP contribution is 2.23. The molecule has 0 radical (unpaired) electrons. The molecule has 0 spiro atoms. The van der Waals surface area contributed by atoms with Crippen LogP contribution in [0.2, 0.25) is 0 Å². The zero-order chi connectivity index (χ0) is 15.2. The summed E-state index contributed by atoms with van der Waals surface area (Å²) in [6.07, 6.45) is 5.41. The lowest BCUT2D eigenvalue weighted by atomic mass is 10.2. The van der Waals surface area contributed by atoms with Crippen molar-refractivity contribution in [3.05, 3.63) is 16.6 Å². The second kappa shape index (κ2) is 8.36. The molecule has 0 unspecified atom stereocenters. The lowest BCUT2D eigenvalue weighted by Crippen LogP contribution is -2.48. The van der Waals surface area contributed by atoms with Crippen LogP contribution in [0.25, 0.3) is 0 Å². The fraction of sp³-hybridized carbons (Fsp3) is 0.812. The molecular formula is C16H27N3O2S. The molecule has 0 aliphatic carbocycles. The van der Waals surface area contributed by atoms with Gasteiger partial charge in [-0.05, 0) is 26.2 Å². The molecule has 0 amide bonds. The maximum atomic E-state index is 5.83. The van der Waals surface area contributed by atoms with Crippen LogP contribution in [-0.4, -0.2) is 67.0 Å². The first-order chi connectivity index (χ1) is 10.8. The molecule has 5 nitrogen and oxygen atoms in total. The summed E-state index contributed by atoms with van der Waals surface area (Å²) in [5.74, 6) is 0. The van der Waals surface area contributed by atoms with Crippen LogP contribution < -0.4 is 0 Å². The van der Waals surface area contributed by atoms with Crippen LogP contribution in [0.5, 0.6) is 0 Å². The number of thiazole rings is 1. The van der Waals surface area contributed by atoms with Crippen LogP contribution in [0.3, 0.4) is 0 Å². The van der Waals surface area contributed by atoms with E-state index < -0.39 is 0 Å². The van der Waals surface area contributed by atoms with Gasteiger partial charge in [-0.1, -0.05) is 0 Å². The van der Waals surface area contributed by atoms with E-state index >= 15 is 0 Å². The minimum atomic E-state index is 0.0416. The van der Waals surface area contributed by atoms with Crippen molar-refractivity contribution in [1.82, 2.24) is 14.8 Å². The molecule has 1 aromatic rings. The summed E-state index contributed by atoms with van der Waals surface area (Å²) < 4.78 is 11.4. The Hall–Kier alpha value is -0.530. The first kappa shape index (κ1) is 16.3. The fourth-order valence-corrected chi connectivity index (χ4v) is 3.86. The average molecular weight is 325 g/mol. The smallest absolute Gasteiger partial charge is 0.157 e. The van der Waals surface area contributed by atoms with Crippen molar-refractivity contribution in [2.45, 2.75) is 38.5 Å². The van der Waals surface area contributed by atoms with Crippen LogP contribution in [0.4, 0.5) is 0 Å². The van der Waals surface area contributed by atoms with Gasteiger partial charge in [0.1, 0.15) is 5.01 Å². The van der Waals surface area contributed by atoms with Crippen LogP contribution >= 0.6 is 11.3 Å². The van der Waals surface area contributed by atoms with E-state index in [9.17, 15) is 0 Å². The number of hydrogen-bond acceptors (Lipinski definition) is 6. The molecule has 2 aliphatic rings. The minimum Gasteiger partial charge on any atom is -0.353 e. The van der Waals surface area contributed by atoms with Crippen molar-refractivity contribution in [2.75, 3.05) is 45.9 Å². The molecule has 0 saturated carbocycles. The largest absolute Gasteiger partial charge is 0.353 e. The third kappa shape index (κ3) is 4.49. The van der Waals surface area contributed by atoms with E-state index in [0.717, 1.165) is 52.4 Å². The maximum Gasteiger partial charge on any atom is 0.157 e. The molecular weight excluding hydrogens is 298 g/mol. The van der Waals surface area contributed by atoms with Crippen molar-refractivity contribution in [1.29, 1.82) is 0 Å². The van der Waals surface area contributed by atoms with Gasteiger partial charge in [0.25, 0.3) is 0 Å². The van der Waals surface area contributed by atoms with Gasteiger partial charge in [0.05, 0.1) is 12.6 Å². The Morgan fingerprint density at radius 2 is 2.23 bits per heavy atom. The molecule has 2 aliphatic heterocycles. The predicted octanol–water partition coefficient (Wildman–Crippen LogP) is 2.36. The van der Waals surface area contributed by atoms with Crippen molar-refractivity contribution in [3.8, 4) is 0 Å². The summed E-state index contributed by atoms with van der Waals surface area (Å²) in [5.41, 5.74) is 0. The Labute approximate surface area is 137 Å². The number of hydrogen-bond donors (Lipinski definition) is 0. The molecule has 2 atom stereocenters. The molecule has 2 fully saturated rings. The van der Waals surface area contributed by atoms with Crippen molar-refractivity contribution in [3.63, 3.8) is 0 Å². The van der Waals surface area contributed by atoms with E-state index in [-0.39, 0.29) is 6.29 Å². The third-order valence-electron chi connectivity index (χ3n) is 4.61. The van der Waals surface area contributed by atoms with Crippen LogP contribution in [0.1, 0.15) is 37.2 Å². The van der Waals surface area contributed by atoms with Gasteiger partial charge in [-0.3, -0.25) is 9.80 Å². The molecule has 6 heteroatoms. The van der Waals surface area contributed by atoms with Crippen LogP contribution in [0, 0.1) is 0 Å². The molecule has 0 N–H and O–H groups in total. The first-order valence-corrected chi connectivity index (χ1v) is 9.30. The Morgan fingerprint density at radius 1 is 1.36 bits per heavy atom. The zero-order valence-corrected chi connectivity index (χ0v) is 14.3. The van der Waals surface area contributed by atoms with E-state index in [4.69, 9.17) is 9.47 Å². The average Bonchev–Trinajstić information content (AvgIpc) is 3.10. The van der Waals surface area contributed by atoms with Crippen molar-refractivity contribution < 1.29 is 9.47 Å². The molecule has 3 heterocycles. The second-order valence-corrected chi connectivity index (χ2v) is 7.02. The standard InChI is InChI=1S/C16H27N3O2S/c1-14(16-17-5-13-22-16)19-8-6-18(7-9-19)10-12-21-15-4-2-3-11-20-15/h5,13-15H,2-4,6-12H2,1H3/t14-,15+/m1/s1. The lowest BCUT2D eigenvalue weighted by molar-refractivity contribution is -0.164. The summed E-state index contributed by atoms with van der Waals surface area (Å²) in [4.78, 5) is 9.46. The van der Waals surface area contributed by atoms with E-state index in [1.807, 2.05) is 6.20 Å². The van der Waals surface area contributed by atoms with Crippen molar-refractivity contribution in [2.24, 2.45) is 0 Å². The van der Waals surface area contributed by atoms with Crippen LogP contribution in [0.15, 0.2) is 11.6 Å². The van der Waals surface area contributed by atoms with Gasteiger partial charge in [-0.25, -0.2) is 4.98 Å². The Kier molecular flexibility index (Phi) is 6.20. The lowest BCUT2D eigenvalue weighted by Gasteiger charge is -2.37. The van der Waals surface area contributed by atoms with Crippen molar-refractivity contribution >= 4 is 11.3 Å². The van der Waals surface area contributed by atoms with Gasteiger partial charge >= 0.3 is 0 Å². The highest BCUT2D eigenvalue weighted by Gasteiger charge is 2.23. The number of nitrogens with zero attached hydrogens (tertiary/aromatic N) is 3. The van der Waals surface area contributed by atoms with E-state index in [1.54, 1.807) is 11.3 Å². The normalized spacial score (nSPS) is 26.1. The SMILES string of the molecule is C[C@H](c1nccs1)N1CCN(CCO[C@H]2CCCCO2)CC1. The summed E-state index contributed by atoms with van der Waals surface area (Å²) in [6, 6.07) is 0.439. The van der Waals surface area contributed by atoms with E-state index in [0.29, 0.717) is 6.04 Å². The fourth-order valence-electron chi connectivity index (χ4n) is 3.13. The minimum absolute atomic E-state index is 0.0416. The molecule has 0 aromatic carbocycles. The summed E-state index contributed by atoms with van der Waals surface area (Å²) >= 11 is 1.75. The van der Waals surface area contributed by atoms with Gasteiger partial charge in [0.2, 0.25) is 0 Å². The molecule has 0 bridgehead atoms. The molecule has 22 heavy (non-hydrogen) atoms. The van der Waals surface area contributed by atoms with Gasteiger partial charge in [-0.15, -0.1) is 11.3 Å². The summed E-state index contributed by atoms with van der Waals surface area (Å²) in [7, 11) is 0. The molecule has 2 saturated heterocycles. The summed E-state index contributed by atoms with van der Waals surface area (Å²) in [5, 5.41) is 3.29. The number of aromatic nitrogens is 1. The summed E-state index contributed by atoms with van der Waals surface area (Å²) in [6.45, 7) is 9.37. The Bertz CT molecular complexity index is 415. The highest BCUT2D eigenvalue weighted by atomic mass is 32.1. The maximum absolute atomic E-state index is 5.83. The number of ether oxygens (including phenoxy) is 2. The van der Waals surface area contributed by atoms with Gasteiger partial charge < -0.3 is 9.47 Å². The van der Waals surface area contributed by atoms with E-state index in [2.05, 4.69) is 27.1 Å². The molecule has 124 valence electrons. The number of rotatable bonds is 6. The quantitative estimate of drug-likeness (QED) is 0.803. The van der Waals surface area contributed by atoms with E-state index in [1.165, 1.54) is 17.8 Å². The molecule has 1 aromatic heterocycles. The van der Waals surface area contributed by atoms with Gasteiger partial charge in [-0.2, -0.15) is 0 Å². The number of piperazine rings is 1. The predicted molar refractivity (Wildman–Crippen MR) is 88.1 cm³/mol. The monoisotopic (exact) mass is 325 g/mol.